The maximum absolute atomic E-state index is 12.6. The van der Waals surface area contributed by atoms with Gasteiger partial charge in [-0.05, 0) is 59.5 Å². The molecule has 0 bridgehead atoms. The third-order valence-corrected chi connectivity index (χ3v) is 5.96. The molecule has 2 N–H and O–H groups in total. The van der Waals surface area contributed by atoms with Crippen molar-refractivity contribution in [3.05, 3.63) is 125 Å². The molecule has 0 aliphatic heterocycles. The van der Waals surface area contributed by atoms with Crippen LogP contribution < -0.4 is 10.1 Å². The summed E-state index contributed by atoms with van der Waals surface area (Å²) < 4.78 is 10.7. The Balaban J connectivity index is 1.30. The Hall–Kier alpha value is -3.87. The molecule has 1 unspecified atom stereocenters. The van der Waals surface area contributed by atoms with Gasteiger partial charge in [-0.15, -0.1) is 0 Å². The van der Waals surface area contributed by atoms with Crippen LogP contribution in [0.4, 0.5) is 0 Å². The average molecular weight is 485 g/mol. The van der Waals surface area contributed by atoms with E-state index in [4.69, 9.17) is 9.15 Å². The molecular formula is C30H32N2O4. The lowest BCUT2D eigenvalue weighted by Gasteiger charge is -2.24. The second-order valence-electron chi connectivity index (χ2n) is 8.82. The number of hydrogen-bond acceptors (Lipinski definition) is 5. The number of nitrogens with one attached hydrogen (secondary N) is 1. The quantitative estimate of drug-likeness (QED) is 0.306. The first-order chi connectivity index (χ1) is 17.6. The first-order valence-corrected chi connectivity index (χ1v) is 12.1. The average Bonchev–Trinajstić information content (AvgIpc) is 3.42. The van der Waals surface area contributed by atoms with E-state index in [1.54, 1.807) is 13.4 Å². The van der Waals surface area contributed by atoms with Gasteiger partial charge in [0, 0.05) is 25.2 Å². The second-order valence-corrected chi connectivity index (χ2v) is 8.82. The van der Waals surface area contributed by atoms with Crippen LogP contribution in [0.25, 0.3) is 0 Å². The molecule has 1 aromatic heterocycles. The highest BCUT2D eigenvalue weighted by atomic mass is 16.5. The Kier molecular flexibility index (Phi) is 8.92. The summed E-state index contributed by atoms with van der Waals surface area (Å²) >= 11 is 0. The van der Waals surface area contributed by atoms with Gasteiger partial charge in [-0.25, -0.2) is 0 Å². The van der Waals surface area contributed by atoms with Crippen molar-refractivity contribution < 1.29 is 19.1 Å². The summed E-state index contributed by atoms with van der Waals surface area (Å²) in [7, 11) is 1.64. The van der Waals surface area contributed by atoms with Crippen molar-refractivity contribution in [3.8, 4) is 5.75 Å². The third kappa shape index (κ3) is 7.57. The molecule has 0 saturated heterocycles. The van der Waals surface area contributed by atoms with Crippen LogP contribution in [-0.4, -0.2) is 42.2 Å². The van der Waals surface area contributed by atoms with Crippen LogP contribution in [0.1, 0.15) is 32.8 Å². The zero-order valence-electron chi connectivity index (χ0n) is 20.5. The first-order valence-electron chi connectivity index (χ1n) is 12.1. The number of carbonyl (C=O) groups excluding carboxylic acids is 1. The SMILES string of the molecule is COc1ccc(CN(Cc2ccco2)CC(O)CNC(=O)c2ccc(Cc3ccccc3)cc2)cc1. The fourth-order valence-corrected chi connectivity index (χ4v) is 4.08. The summed E-state index contributed by atoms with van der Waals surface area (Å²) in [5.74, 6) is 1.41. The maximum atomic E-state index is 12.6. The Morgan fingerprint density at radius 1 is 0.889 bits per heavy atom. The Morgan fingerprint density at radius 3 is 2.25 bits per heavy atom. The second kappa shape index (κ2) is 12.7. The van der Waals surface area contributed by atoms with Crippen molar-refractivity contribution in [1.29, 1.82) is 0 Å². The molecule has 4 rings (SSSR count). The van der Waals surface area contributed by atoms with E-state index in [0.29, 0.717) is 25.2 Å². The number of benzene rings is 3. The van der Waals surface area contributed by atoms with Gasteiger partial charge in [0.25, 0.3) is 5.91 Å². The number of amides is 1. The number of methoxy groups -OCH3 is 1. The van der Waals surface area contributed by atoms with Crippen LogP contribution in [0.2, 0.25) is 0 Å². The number of hydrogen-bond donors (Lipinski definition) is 2. The lowest BCUT2D eigenvalue weighted by atomic mass is 10.0. The fourth-order valence-electron chi connectivity index (χ4n) is 4.08. The molecule has 0 saturated carbocycles. The predicted molar refractivity (Wildman–Crippen MR) is 140 cm³/mol. The summed E-state index contributed by atoms with van der Waals surface area (Å²) in [4.78, 5) is 14.7. The van der Waals surface area contributed by atoms with Gasteiger partial charge in [-0.1, -0.05) is 54.6 Å². The van der Waals surface area contributed by atoms with Crippen molar-refractivity contribution in [1.82, 2.24) is 10.2 Å². The zero-order valence-corrected chi connectivity index (χ0v) is 20.5. The molecule has 6 heteroatoms. The monoisotopic (exact) mass is 484 g/mol. The normalized spacial score (nSPS) is 11.9. The molecule has 6 nitrogen and oxygen atoms in total. The van der Waals surface area contributed by atoms with Crippen molar-refractivity contribution in [2.24, 2.45) is 0 Å². The Morgan fingerprint density at radius 2 is 1.58 bits per heavy atom. The molecule has 186 valence electrons. The number of ether oxygens (including phenoxy) is 1. The van der Waals surface area contributed by atoms with Crippen LogP contribution in [0, 0.1) is 0 Å². The molecule has 0 spiro atoms. The number of aliphatic hydroxyl groups excluding tert-OH is 1. The standard InChI is InChI=1S/C30H32N2O4/c1-35-28-15-11-25(12-16-28)20-32(22-29-8-5-17-36-29)21-27(33)19-31-30(34)26-13-9-24(10-14-26)18-23-6-3-2-4-7-23/h2-17,27,33H,18-22H2,1H3,(H,31,34). The number of aliphatic hydroxyl groups is 1. The van der Waals surface area contributed by atoms with Gasteiger partial charge in [-0.2, -0.15) is 0 Å². The summed E-state index contributed by atoms with van der Waals surface area (Å²) in [6, 6.07) is 29.4. The van der Waals surface area contributed by atoms with Crippen molar-refractivity contribution >= 4 is 5.91 Å². The van der Waals surface area contributed by atoms with E-state index >= 15 is 0 Å². The predicted octanol–water partition coefficient (Wildman–Crippen LogP) is 4.67. The van der Waals surface area contributed by atoms with E-state index in [1.165, 1.54) is 5.56 Å². The molecule has 0 aliphatic rings. The van der Waals surface area contributed by atoms with Crippen molar-refractivity contribution in [2.45, 2.75) is 25.6 Å². The summed E-state index contributed by atoms with van der Waals surface area (Å²) in [6.45, 7) is 1.70. The molecule has 4 aromatic rings. The highest BCUT2D eigenvalue weighted by Gasteiger charge is 2.16. The lowest BCUT2D eigenvalue weighted by Crippen LogP contribution is -2.39. The highest BCUT2D eigenvalue weighted by Crippen LogP contribution is 2.16. The lowest BCUT2D eigenvalue weighted by molar-refractivity contribution is 0.0825. The van der Waals surface area contributed by atoms with E-state index in [1.807, 2.05) is 78.9 Å². The van der Waals surface area contributed by atoms with E-state index in [-0.39, 0.29) is 12.5 Å². The van der Waals surface area contributed by atoms with Crippen LogP contribution in [0.15, 0.2) is 102 Å². The van der Waals surface area contributed by atoms with E-state index < -0.39 is 6.10 Å². The maximum Gasteiger partial charge on any atom is 0.251 e. The van der Waals surface area contributed by atoms with E-state index in [2.05, 4.69) is 22.3 Å². The molecule has 0 aliphatic carbocycles. The van der Waals surface area contributed by atoms with Gasteiger partial charge in [-0.3, -0.25) is 9.69 Å². The van der Waals surface area contributed by atoms with Gasteiger partial charge in [0.1, 0.15) is 11.5 Å². The molecule has 1 heterocycles. The van der Waals surface area contributed by atoms with Crippen LogP contribution in [-0.2, 0) is 19.5 Å². The minimum atomic E-state index is -0.737. The summed E-state index contributed by atoms with van der Waals surface area (Å²) in [5.41, 5.74) is 4.04. The van der Waals surface area contributed by atoms with E-state index in [9.17, 15) is 9.90 Å². The number of furan rings is 1. The molecular weight excluding hydrogens is 452 g/mol. The van der Waals surface area contributed by atoms with Gasteiger partial charge in [0.05, 0.1) is 26.0 Å². The number of carbonyl (C=O) groups is 1. The number of rotatable bonds is 12. The van der Waals surface area contributed by atoms with Crippen LogP contribution >= 0.6 is 0 Å². The summed E-state index contributed by atoms with van der Waals surface area (Å²) in [6.07, 6.45) is 1.73. The molecule has 3 aromatic carbocycles. The molecule has 0 radical (unpaired) electrons. The van der Waals surface area contributed by atoms with E-state index in [0.717, 1.165) is 29.1 Å². The molecule has 36 heavy (non-hydrogen) atoms. The largest absolute Gasteiger partial charge is 0.497 e. The zero-order chi connectivity index (χ0) is 25.2. The van der Waals surface area contributed by atoms with Gasteiger partial charge in [0.2, 0.25) is 0 Å². The molecule has 1 atom stereocenters. The first kappa shape index (κ1) is 25.2. The van der Waals surface area contributed by atoms with Crippen LogP contribution in [0.5, 0.6) is 5.75 Å². The topological polar surface area (TPSA) is 74.9 Å². The van der Waals surface area contributed by atoms with Crippen molar-refractivity contribution in [3.63, 3.8) is 0 Å². The molecule has 1 amide bonds. The van der Waals surface area contributed by atoms with Gasteiger partial charge in [0.15, 0.2) is 0 Å². The van der Waals surface area contributed by atoms with Crippen molar-refractivity contribution in [2.75, 3.05) is 20.2 Å². The minimum absolute atomic E-state index is 0.155. The fraction of sp³-hybridized carbons (Fsp3) is 0.233. The Labute approximate surface area is 212 Å². The summed E-state index contributed by atoms with van der Waals surface area (Å²) in [5, 5.41) is 13.6. The third-order valence-electron chi connectivity index (χ3n) is 5.96. The number of nitrogens with zero attached hydrogens (tertiary/aromatic N) is 1. The Bertz CT molecular complexity index is 1190. The smallest absolute Gasteiger partial charge is 0.251 e. The van der Waals surface area contributed by atoms with Crippen LogP contribution in [0.3, 0.4) is 0 Å². The highest BCUT2D eigenvalue weighted by molar-refractivity contribution is 5.94. The van der Waals surface area contributed by atoms with Gasteiger partial charge < -0.3 is 19.6 Å². The molecule has 0 fully saturated rings. The minimum Gasteiger partial charge on any atom is -0.497 e. The van der Waals surface area contributed by atoms with Gasteiger partial charge >= 0.3 is 0 Å².